The third kappa shape index (κ3) is 6.75. The maximum absolute atomic E-state index is 12.6. The van der Waals surface area contributed by atoms with E-state index in [1.165, 1.54) is 39.7 Å². The number of benzene rings is 3. The monoisotopic (exact) mass is 492 g/mol. The molecule has 3 rings (SSSR count). The Morgan fingerprint density at radius 3 is 2.06 bits per heavy atom. The summed E-state index contributed by atoms with van der Waals surface area (Å²) in [5.74, 6) is 1.04. The van der Waals surface area contributed by atoms with Crippen LogP contribution in [0.2, 0.25) is 0 Å². The third-order valence-electron chi connectivity index (χ3n) is 5.24. The molecule has 0 heterocycles. The molecule has 3 aromatic carbocycles. The van der Waals surface area contributed by atoms with Crippen molar-refractivity contribution in [2.45, 2.75) is 13.8 Å². The summed E-state index contributed by atoms with van der Waals surface area (Å²) in [4.78, 5) is 24.6. The summed E-state index contributed by atoms with van der Waals surface area (Å²) in [6.07, 6.45) is 1.47. The Hall–Kier alpha value is -4.53. The summed E-state index contributed by atoms with van der Waals surface area (Å²) in [7, 11) is 4.41. The molecule has 0 bridgehead atoms. The van der Waals surface area contributed by atoms with Gasteiger partial charge in [-0.2, -0.15) is 5.10 Å². The molecule has 9 heteroatoms. The van der Waals surface area contributed by atoms with E-state index in [0.29, 0.717) is 34.3 Å². The van der Waals surface area contributed by atoms with Crippen molar-refractivity contribution in [1.29, 1.82) is 0 Å². The zero-order chi connectivity index (χ0) is 26.1. The fraction of sp³-hybridized carbons (Fsp3) is 0.222. The molecule has 1 amide bonds. The highest BCUT2D eigenvalue weighted by molar-refractivity contribution is 5.93. The maximum Gasteiger partial charge on any atom is 0.343 e. The topological polar surface area (TPSA) is 105 Å². The first-order valence-corrected chi connectivity index (χ1v) is 11.0. The number of esters is 1. The summed E-state index contributed by atoms with van der Waals surface area (Å²) >= 11 is 0. The van der Waals surface area contributed by atoms with Crippen molar-refractivity contribution in [2.75, 3.05) is 27.9 Å². The second-order valence-electron chi connectivity index (χ2n) is 7.70. The molecule has 1 N–H and O–H groups in total. The predicted octanol–water partition coefficient (Wildman–Crippen LogP) is 4.08. The van der Waals surface area contributed by atoms with Crippen LogP contribution in [-0.4, -0.2) is 46.0 Å². The molecule has 0 saturated carbocycles. The van der Waals surface area contributed by atoms with Crippen LogP contribution in [0, 0.1) is 13.8 Å². The average Bonchev–Trinajstić information content (AvgIpc) is 2.89. The number of hydrogen-bond donors (Lipinski definition) is 1. The van der Waals surface area contributed by atoms with E-state index in [9.17, 15) is 9.59 Å². The van der Waals surface area contributed by atoms with Crippen LogP contribution >= 0.6 is 0 Å². The molecule has 0 aliphatic rings. The molecule has 36 heavy (non-hydrogen) atoms. The minimum Gasteiger partial charge on any atom is -0.493 e. The molecule has 0 saturated heterocycles. The van der Waals surface area contributed by atoms with Crippen LogP contribution in [0.25, 0.3) is 0 Å². The number of carbonyl (C=O) groups excluding carboxylic acids is 2. The molecule has 188 valence electrons. The van der Waals surface area contributed by atoms with Gasteiger partial charge in [-0.3, -0.25) is 4.79 Å². The van der Waals surface area contributed by atoms with Crippen molar-refractivity contribution in [2.24, 2.45) is 5.10 Å². The minimum atomic E-state index is -0.591. The smallest absolute Gasteiger partial charge is 0.343 e. The highest BCUT2D eigenvalue weighted by Crippen LogP contribution is 2.38. The molecular formula is C27H28N2O7. The minimum absolute atomic E-state index is 0.157. The molecule has 3 aromatic rings. The number of aryl methyl sites for hydroxylation is 2. The molecule has 0 aromatic heterocycles. The van der Waals surface area contributed by atoms with E-state index in [0.717, 1.165) is 11.1 Å². The average molecular weight is 493 g/mol. The third-order valence-corrected chi connectivity index (χ3v) is 5.24. The summed E-state index contributed by atoms with van der Waals surface area (Å²) in [6.45, 7) is 3.83. The number of amides is 1. The lowest BCUT2D eigenvalue weighted by molar-refractivity contribution is -0.123. The normalized spacial score (nSPS) is 10.6. The summed E-state index contributed by atoms with van der Waals surface area (Å²) < 4.78 is 26.7. The lowest BCUT2D eigenvalue weighted by Gasteiger charge is -2.13. The van der Waals surface area contributed by atoms with Crippen molar-refractivity contribution < 1.29 is 33.3 Å². The van der Waals surface area contributed by atoms with Gasteiger partial charge in [-0.25, -0.2) is 10.2 Å². The molecule has 0 aliphatic heterocycles. The van der Waals surface area contributed by atoms with Crippen LogP contribution in [-0.2, 0) is 4.79 Å². The van der Waals surface area contributed by atoms with E-state index in [1.54, 1.807) is 24.3 Å². The van der Waals surface area contributed by atoms with E-state index in [2.05, 4.69) is 10.5 Å². The number of hydrazone groups is 1. The largest absolute Gasteiger partial charge is 0.493 e. The van der Waals surface area contributed by atoms with Crippen LogP contribution in [0.4, 0.5) is 0 Å². The van der Waals surface area contributed by atoms with Crippen LogP contribution in [0.5, 0.6) is 28.7 Å². The van der Waals surface area contributed by atoms with Crippen LogP contribution in [0.3, 0.4) is 0 Å². The first-order valence-electron chi connectivity index (χ1n) is 11.0. The lowest BCUT2D eigenvalue weighted by atomic mass is 10.1. The Labute approximate surface area is 209 Å². The predicted molar refractivity (Wildman–Crippen MR) is 135 cm³/mol. The van der Waals surface area contributed by atoms with E-state index in [1.807, 2.05) is 32.0 Å². The number of rotatable bonds is 10. The van der Waals surface area contributed by atoms with Gasteiger partial charge in [0, 0.05) is 0 Å². The maximum atomic E-state index is 12.6. The Morgan fingerprint density at radius 1 is 0.833 bits per heavy atom. The highest BCUT2D eigenvalue weighted by Gasteiger charge is 2.18. The zero-order valence-corrected chi connectivity index (χ0v) is 20.8. The Morgan fingerprint density at radius 2 is 1.47 bits per heavy atom. The van der Waals surface area contributed by atoms with Gasteiger partial charge < -0.3 is 23.7 Å². The summed E-state index contributed by atoms with van der Waals surface area (Å²) in [6, 6.07) is 15.3. The van der Waals surface area contributed by atoms with Crippen molar-refractivity contribution in [1.82, 2.24) is 5.43 Å². The number of hydrogen-bond acceptors (Lipinski definition) is 8. The Kier molecular flexibility index (Phi) is 8.88. The molecule has 0 atom stereocenters. The number of carbonyl (C=O) groups is 2. The van der Waals surface area contributed by atoms with Gasteiger partial charge >= 0.3 is 5.97 Å². The molecule has 0 radical (unpaired) electrons. The summed E-state index contributed by atoms with van der Waals surface area (Å²) in [5, 5.41) is 3.93. The van der Waals surface area contributed by atoms with Gasteiger partial charge in [-0.15, -0.1) is 0 Å². The van der Waals surface area contributed by atoms with Gasteiger partial charge in [0.05, 0.1) is 33.1 Å². The molecule has 0 aliphatic carbocycles. The van der Waals surface area contributed by atoms with Gasteiger partial charge in [0.1, 0.15) is 11.5 Å². The van der Waals surface area contributed by atoms with Gasteiger partial charge in [-0.05, 0) is 79.1 Å². The van der Waals surface area contributed by atoms with E-state index in [-0.39, 0.29) is 18.1 Å². The molecule has 0 fully saturated rings. The molecular weight excluding hydrogens is 464 g/mol. The van der Waals surface area contributed by atoms with Gasteiger partial charge in [0.2, 0.25) is 5.75 Å². The van der Waals surface area contributed by atoms with Crippen molar-refractivity contribution in [3.8, 4) is 28.7 Å². The van der Waals surface area contributed by atoms with Crippen molar-refractivity contribution >= 4 is 18.1 Å². The number of ether oxygens (including phenoxy) is 5. The second kappa shape index (κ2) is 12.3. The molecule has 9 nitrogen and oxygen atoms in total. The number of methoxy groups -OCH3 is 3. The van der Waals surface area contributed by atoms with E-state index in [4.69, 9.17) is 23.7 Å². The van der Waals surface area contributed by atoms with Gasteiger partial charge in [0.15, 0.2) is 18.1 Å². The van der Waals surface area contributed by atoms with E-state index >= 15 is 0 Å². The highest BCUT2D eigenvalue weighted by atomic mass is 16.5. The quantitative estimate of drug-likeness (QED) is 0.197. The molecule has 0 unspecified atom stereocenters. The van der Waals surface area contributed by atoms with Crippen molar-refractivity contribution in [3.63, 3.8) is 0 Å². The SMILES string of the molecule is COc1cc(C(=O)Oc2ccc(/C=N/NC(=O)COc3ccc(C)c(C)c3)cc2)cc(OC)c1OC. The van der Waals surface area contributed by atoms with Crippen LogP contribution in [0.15, 0.2) is 59.7 Å². The number of nitrogens with one attached hydrogen (secondary N) is 1. The van der Waals surface area contributed by atoms with Gasteiger partial charge in [0.25, 0.3) is 5.91 Å². The standard InChI is InChI=1S/C27H28N2O7/c1-17-6-9-22(12-18(17)2)35-16-25(30)29-28-15-19-7-10-21(11-8-19)36-27(31)20-13-23(32-3)26(34-5)24(14-20)33-4/h6-15H,16H2,1-5H3,(H,29,30)/b28-15+. The van der Waals surface area contributed by atoms with Gasteiger partial charge in [-0.1, -0.05) is 6.07 Å². The van der Waals surface area contributed by atoms with Crippen LogP contribution in [0.1, 0.15) is 27.0 Å². The fourth-order valence-electron chi connectivity index (χ4n) is 3.15. The fourth-order valence-corrected chi connectivity index (χ4v) is 3.15. The Balaban J connectivity index is 1.54. The van der Waals surface area contributed by atoms with Crippen LogP contribution < -0.4 is 29.1 Å². The van der Waals surface area contributed by atoms with Crippen molar-refractivity contribution in [3.05, 3.63) is 76.9 Å². The first-order chi connectivity index (χ1) is 17.3. The molecule has 0 spiro atoms. The van der Waals surface area contributed by atoms with E-state index < -0.39 is 5.97 Å². The lowest BCUT2D eigenvalue weighted by Crippen LogP contribution is -2.24. The Bertz CT molecular complexity index is 1230. The zero-order valence-electron chi connectivity index (χ0n) is 20.8. The second-order valence-corrected chi connectivity index (χ2v) is 7.70. The first kappa shape index (κ1) is 26.1. The number of nitrogens with zero attached hydrogens (tertiary/aromatic N) is 1. The summed E-state index contributed by atoms with van der Waals surface area (Å²) in [5.41, 5.74) is 5.58.